The Morgan fingerprint density at radius 2 is 1.48 bits per heavy atom. The average Bonchev–Trinajstić information content (AvgIpc) is 2.67. The summed E-state index contributed by atoms with van der Waals surface area (Å²) in [4.78, 5) is 0. The van der Waals surface area contributed by atoms with Crippen molar-refractivity contribution >= 4 is 0 Å². The fourth-order valence-electron chi connectivity index (χ4n) is 4.74. The molecule has 2 aromatic carbocycles. The molecule has 1 atom stereocenters. The van der Waals surface area contributed by atoms with E-state index in [0.29, 0.717) is 30.8 Å². The van der Waals surface area contributed by atoms with Gasteiger partial charge in [0.05, 0.1) is 27.3 Å². The van der Waals surface area contributed by atoms with E-state index in [-0.39, 0.29) is 10.8 Å². The summed E-state index contributed by atoms with van der Waals surface area (Å²) in [5.74, 6) is 0.852. The maximum atomic E-state index is 10.4. The van der Waals surface area contributed by atoms with Gasteiger partial charge in [0.15, 0.2) is 0 Å². The summed E-state index contributed by atoms with van der Waals surface area (Å²) in [5, 5.41) is 10.4. The lowest BCUT2D eigenvalue weighted by Crippen LogP contribution is -2.46. The fourth-order valence-corrected chi connectivity index (χ4v) is 4.74. The molecule has 0 radical (unpaired) electrons. The second-order valence-corrected chi connectivity index (χ2v) is 12.0. The van der Waals surface area contributed by atoms with E-state index in [0.717, 1.165) is 18.7 Å². The number of likely N-dealkylation sites (N-methyl/N-ethyl adjacent to an activating group) is 1. The van der Waals surface area contributed by atoms with Gasteiger partial charge < -0.3 is 19.1 Å². The molecule has 0 aliphatic carbocycles. The van der Waals surface area contributed by atoms with E-state index in [1.165, 1.54) is 16.7 Å². The van der Waals surface area contributed by atoms with Crippen LogP contribution in [-0.2, 0) is 16.7 Å². The largest absolute Gasteiger partial charge is 0.491 e. The number of hydrogen-bond acceptors (Lipinski definition) is 3. The minimum absolute atomic E-state index is 0.127. The number of rotatable bonds is 12. The van der Waals surface area contributed by atoms with Crippen LogP contribution >= 0.6 is 0 Å². The molecule has 0 fully saturated rings. The molecule has 0 heterocycles. The molecule has 0 saturated carbocycles. The molecule has 2 rings (SSSR count). The van der Waals surface area contributed by atoms with Crippen LogP contribution in [0.5, 0.6) is 5.75 Å². The summed E-state index contributed by atoms with van der Waals surface area (Å²) in [7, 11) is 4.28. The highest BCUT2D eigenvalue weighted by molar-refractivity contribution is 5.31. The monoisotopic (exact) mass is 456 g/mol. The minimum Gasteiger partial charge on any atom is -0.491 e. The summed E-state index contributed by atoms with van der Waals surface area (Å²) in [6, 6.07) is 17.0. The summed E-state index contributed by atoms with van der Waals surface area (Å²) in [5.41, 5.74) is 4.28. The standard InChI is InChI=1S/C29H46NO3/c1-23-9-11-24(12-10-23)19-30(7,8)20-26(31)21-32-17-18-33-27-15-13-25(14-16-27)29(5,6)22-28(2,3)4/h9-16,26,31H,17-22H2,1-8H3/q+1/t26-/m1/s1. The highest BCUT2D eigenvalue weighted by Gasteiger charge is 2.27. The van der Waals surface area contributed by atoms with Gasteiger partial charge in [0, 0.05) is 5.56 Å². The lowest BCUT2D eigenvalue weighted by Gasteiger charge is -2.33. The predicted molar refractivity (Wildman–Crippen MR) is 138 cm³/mol. The maximum absolute atomic E-state index is 10.4. The summed E-state index contributed by atoms with van der Waals surface area (Å²) >= 11 is 0. The minimum atomic E-state index is -0.505. The first kappa shape index (κ1) is 27.4. The maximum Gasteiger partial charge on any atom is 0.126 e. The molecule has 33 heavy (non-hydrogen) atoms. The van der Waals surface area contributed by atoms with Crippen molar-refractivity contribution in [2.75, 3.05) is 40.5 Å². The van der Waals surface area contributed by atoms with Crippen LogP contribution in [0.4, 0.5) is 0 Å². The van der Waals surface area contributed by atoms with E-state index < -0.39 is 6.10 Å². The number of nitrogens with zero attached hydrogens (tertiary/aromatic N) is 1. The van der Waals surface area contributed by atoms with Gasteiger partial charge in [0.2, 0.25) is 0 Å². The molecule has 0 saturated heterocycles. The lowest BCUT2D eigenvalue weighted by molar-refractivity contribution is -0.906. The van der Waals surface area contributed by atoms with Crippen molar-refractivity contribution in [3.63, 3.8) is 0 Å². The third-order valence-corrected chi connectivity index (χ3v) is 5.85. The molecule has 0 aliphatic rings. The van der Waals surface area contributed by atoms with Crippen molar-refractivity contribution in [1.82, 2.24) is 0 Å². The Labute approximate surface area is 202 Å². The molecule has 4 heteroatoms. The van der Waals surface area contributed by atoms with Crippen molar-refractivity contribution in [3.8, 4) is 5.75 Å². The van der Waals surface area contributed by atoms with Crippen molar-refractivity contribution in [2.45, 2.75) is 66.0 Å². The van der Waals surface area contributed by atoms with Gasteiger partial charge in [0.1, 0.15) is 31.5 Å². The van der Waals surface area contributed by atoms with Crippen LogP contribution in [0.2, 0.25) is 0 Å². The third-order valence-electron chi connectivity index (χ3n) is 5.85. The molecule has 0 unspecified atom stereocenters. The molecule has 2 aromatic rings. The number of aryl methyl sites for hydroxylation is 1. The topological polar surface area (TPSA) is 38.7 Å². The van der Waals surface area contributed by atoms with Gasteiger partial charge in [0.25, 0.3) is 0 Å². The zero-order chi connectivity index (χ0) is 24.7. The fraction of sp³-hybridized carbons (Fsp3) is 0.586. The number of ether oxygens (including phenoxy) is 2. The van der Waals surface area contributed by atoms with Crippen LogP contribution in [0.15, 0.2) is 48.5 Å². The van der Waals surface area contributed by atoms with Crippen LogP contribution in [-0.4, -0.2) is 56.2 Å². The normalized spacial score (nSPS) is 13.7. The first-order valence-corrected chi connectivity index (χ1v) is 12.1. The highest BCUT2D eigenvalue weighted by atomic mass is 16.5. The Hall–Kier alpha value is -1.88. The molecule has 0 aromatic heterocycles. The molecule has 4 nitrogen and oxygen atoms in total. The molecule has 184 valence electrons. The second-order valence-electron chi connectivity index (χ2n) is 12.0. The smallest absolute Gasteiger partial charge is 0.126 e. The van der Waals surface area contributed by atoms with Gasteiger partial charge in [-0.1, -0.05) is 76.6 Å². The molecule has 0 aliphatic heterocycles. The Bertz CT molecular complexity index is 833. The highest BCUT2D eigenvalue weighted by Crippen LogP contribution is 2.36. The SMILES string of the molecule is Cc1ccc(C[N+](C)(C)C[C@@H](O)COCCOc2ccc(C(C)(C)CC(C)(C)C)cc2)cc1. The summed E-state index contributed by atoms with van der Waals surface area (Å²) < 4.78 is 12.2. The summed E-state index contributed by atoms with van der Waals surface area (Å²) in [6.07, 6.45) is 0.617. The number of benzene rings is 2. The first-order valence-electron chi connectivity index (χ1n) is 12.1. The van der Waals surface area contributed by atoms with Crippen molar-refractivity contribution in [2.24, 2.45) is 5.41 Å². The van der Waals surface area contributed by atoms with Gasteiger partial charge in [-0.2, -0.15) is 0 Å². The van der Waals surface area contributed by atoms with Crippen LogP contribution in [0.25, 0.3) is 0 Å². The average molecular weight is 457 g/mol. The molecular formula is C29H46NO3+. The van der Waals surface area contributed by atoms with E-state index in [1.54, 1.807) is 0 Å². The summed E-state index contributed by atoms with van der Waals surface area (Å²) in [6.45, 7) is 16.3. The van der Waals surface area contributed by atoms with E-state index in [4.69, 9.17) is 9.47 Å². The van der Waals surface area contributed by atoms with Crippen LogP contribution in [0.3, 0.4) is 0 Å². The number of quaternary nitrogens is 1. The number of aliphatic hydroxyl groups is 1. The van der Waals surface area contributed by atoms with Gasteiger partial charge >= 0.3 is 0 Å². The van der Waals surface area contributed by atoms with Crippen LogP contribution < -0.4 is 4.74 Å². The molecule has 1 N–H and O–H groups in total. The van der Waals surface area contributed by atoms with Gasteiger partial charge in [-0.05, 0) is 41.9 Å². The van der Waals surface area contributed by atoms with Gasteiger partial charge in [-0.15, -0.1) is 0 Å². The van der Waals surface area contributed by atoms with Gasteiger partial charge in [-0.25, -0.2) is 0 Å². The quantitative estimate of drug-likeness (QED) is 0.327. The van der Waals surface area contributed by atoms with E-state index in [1.807, 2.05) is 12.1 Å². The Kier molecular flexibility index (Phi) is 9.54. The predicted octanol–water partition coefficient (Wildman–Crippen LogP) is 5.74. The third kappa shape index (κ3) is 10.3. The van der Waals surface area contributed by atoms with Crippen LogP contribution in [0.1, 0.15) is 57.7 Å². The Morgan fingerprint density at radius 3 is 2.06 bits per heavy atom. The second kappa shape index (κ2) is 11.5. The Balaban J connectivity index is 1.69. The zero-order valence-corrected chi connectivity index (χ0v) is 22.1. The lowest BCUT2D eigenvalue weighted by atomic mass is 9.72. The molecule has 0 amide bonds. The Morgan fingerprint density at radius 1 is 0.879 bits per heavy atom. The van der Waals surface area contributed by atoms with E-state index >= 15 is 0 Å². The van der Waals surface area contributed by atoms with E-state index in [2.05, 4.69) is 92.0 Å². The van der Waals surface area contributed by atoms with Crippen LogP contribution in [0, 0.1) is 12.3 Å². The number of aliphatic hydroxyl groups excluding tert-OH is 1. The molecule has 0 bridgehead atoms. The molecular weight excluding hydrogens is 410 g/mol. The van der Waals surface area contributed by atoms with E-state index in [9.17, 15) is 5.11 Å². The van der Waals surface area contributed by atoms with Crippen molar-refractivity contribution < 1.29 is 19.1 Å². The molecule has 0 spiro atoms. The first-order chi connectivity index (χ1) is 15.3. The zero-order valence-electron chi connectivity index (χ0n) is 22.1. The number of hydrogen-bond donors (Lipinski definition) is 1. The van der Waals surface area contributed by atoms with Crippen molar-refractivity contribution in [3.05, 3.63) is 65.2 Å². The van der Waals surface area contributed by atoms with Crippen molar-refractivity contribution in [1.29, 1.82) is 0 Å². The van der Waals surface area contributed by atoms with Gasteiger partial charge in [-0.3, -0.25) is 0 Å².